The summed E-state index contributed by atoms with van der Waals surface area (Å²) >= 11 is 0. The van der Waals surface area contributed by atoms with Gasteiger partial charge in [0.1, 0.15) is 29.8 Å². The van der Waals surface area contributed by atoms with Gasteiger partial charge in [0, 0.05) is 43.7 Å². The van der Waals surface area contributed by atoms with Crippen molar-refractivity contribution in [3.63, 3.8) is 0 Å². The third-order valence-corrected chi connectivity index (χ3v) is 7.14. The normalized spacial score (nSPS) is 20.2. The molecule has 1 saturated heterocycles. The lowest BCUT2D eigenvalue weighted by Gasteiger charge is -2.33. The van der Waals surface area contributed by atoms with E-state index in [4.69, 9.17) is 9.47 Å². The van der Waals surface area contributed by atoms with Crippen LogP contribution in [0.3, 0.4) is 0 Å². The monoisotopic (exact) mass is 605 g/mol. The zero-order valence-electron chi connectivity index (χ0n) is 22.2. The highest BCUT2D eigenvalue weighted by Gasteiger charge is 2.38. The number of nitro groups is 1. The minimum absolute atomic E-state index is 0.105. The molecule has 1 aliphatic heterocycles. The number of alkyl halides is 6. The summed E-state index contributed by atoms with van der Waals surface area (Å²) in [6.07, 6.45) is -6.57. The minimum atomic E-state index is -4.86. The number of carbonyl (C=O) groups excluding carboxylic acids is 1. The Morgan fingerprint density at radius 2 is 1.52 bits per heavy atom. The van der Waals surface area contributed by atoms with Gasteiger partial charge in [-0.25, -0.2) is 0 Å². The SMILES string of the molecule is O=C(COC1CCC(Nc2ccc([N+](=O)[O-])c(C(F)(F)F)c2)CC1)N1CCC(Oc2ccc(OC(F)(F)F)cc2)CC1. The Hall–Kier alpha value is -3.75. The lowest BCUT2D eigenvalue weighted by Crippen LogP contribution is -2.44. The number of anilines is 1. The molecule has 2 aromatic carbocycles. The summed E-state index contributed by atoms with van der Waals surface area (Å²) in [5.41, 5.74) is -2.16. The van der Waals surface area contributed by atoms with Gasteiger partial charge in [-0.15, -0.1) is 13.2 Å². The number of benzene rings is 2. The minimum Gasteiger partial charge on any atom is -0.490 e. The smallest absolute Gasteiger partial charge is 0.490 e. The Kier molecular flexibility index (Phi) is 9.69. The quantitative estimate of drug-likeness (QED) is 0.203. The number of hydrogen-bond acceptors (Lipinski definition) is 7. The van der Waals surface area contributed by atoms with Crippen LogP contribution in [0.2, 0.25) is 0 Å². The molecule has 230 valence electrons. The molecule has 2 fully saturated rings. The average molecular weight is 606 g/mol. The number of carbonyl (C=O) groups is 1. The Morgan fingerprint density at radius 1 is 0.905 bits per heavy atom. The van der Waals surface area contributed by atoms with Crippen molar-refractivity contribution in [3.8, 4) is 11.5 Å². The second-order valence-corrected chi connectivity index (χ2v) is 10.1. The standard InChI is InChI=1S/C27H29F6N3O6/c28-26(29,30)23-15-18(3-10-24(23)36(38)39)34-17-1-4-19(5-2-17)40-16-25(37)35-13-11-21(12-14-35)41-20-6-8-22(9-7-20)42-27(31,32)33/h3,6-10,15,17,19,21,34H,1-2,4-5,11-14,16H2. The van der Waals surface area contributed by atoms with Gasteiger partial charge in [-0.3, -0.25) is 14.9 Å². The molecule has 42 heavy (non-hydrogen) atoms. The van der Waals surface area contributed by atoms with E-state index in [1.807, 2.05) is 0 Å². The number of nitrogens with zero attached hydrogens (tertiary/aromatic N) is 2. The van der Waals surface area contributed by atoms with E-state index in [-0.39, 0.29) is 42.2 Å². The summed E-state index contributed by atoms with van der Waals surface area (Å²) in [6, 6.07) is 7.82. The molecule has 1 heterocycles. The van der Waals surface area contributed by atoms with Crippen molar-refractivity contribution in [1.82, 2.24) is 4.90 Å². The Bertz CT molecular complexity index is 1220. The third kappa shape index (κ3) is 8.87. The van der Waals surface area contributed by atoms with Crippen LogP contribution < -0.4 is 14.8 Å². The molecular weight excluding hydrogens is 576 g/mol. The molecule has 0 unspecified atom stereocenters. The Morgan fingerprint density at radius 3 is 2.10 bits per heavy atom. The van der Waals surface area contributed by atoms with Crippen molar-refractivity contribution in [2.75, 3.05) is 25.0 Å². The topological polar surface area (TPSA) is 103 Å². The van der Waals surface area contributed by atoms with Crippen molar-refractivity contribution in [2.24, 2.45) is 0 Å². The number of nitrogens with one attached hydrogen (secondary N) is 1. The van der Waals surface area contributed by atoms with Crippen molar-refractivity contribution >= 4 is 17.3 Å². The number of amides is 1. The fourth-order valence-electron chi connectivity index (χ4n) is 5.04. The Labute approximate surface area is 236 Å². The number of likely N-dealkylation sites (tertiary alicyclic amines) is 1. The van der Waals surface area contributed by atoms with Crippen LogP contribution >= 0.6 is 0 Å². The van der Waals surface area contributed by atoms with Crippen molar-refractivity contribution in [3.05, 3.63) is 58.1 Å². The Balaban J connectivity index is 1.16. The molecule has 1 amide bonds. The maximum atomic E-state index is 13.2. The van der Waals surface area contributed by atoms with Crippen molar-refractivity contribution < 1.29 is 50.3 Å². The number of rotatable bonds is 9. The van der Waals surface area contributed by atoms with E-state index < -0.39 is 28.7 Å². The van der Waals surface area contributed by atoms with Crippen molar-refractivity contribution in [2.45, 2.75) is 69.3 Å². The first-order valence-electron chi connectivity index (χ1n) is 13.3. The molecule has 4 rings (SSSR count). The molecule has 0 atom stereocenters. The highest BCUT2D eigenvalue weighted by atomic mass is 19.4. The largest absolute Gasteiger partial charge is 0.573 e. The van der Waals surface area contributed by atoms with E-state index in [2.05, 4.69) is 10.1 Å². The first-order valence-corrected chi connectivity index (χ1v) is 13.3. The molecule has 15 heteroatoms. The fourth-order valence-corrected chi connectivity index (χ4v) is 5.04. The van der Waals surface area contributed by atoms with Crippen LogP contribution in [0.5, 0.6) is 11.5 Å². The van der Waals surface area contributed by atoms with Gasteiger partial charge in [-0.05, 0) is 62.1 Å². The van der Waals surface area contributed by atoms with Gasteiger partial charge in [0.15, 0.2) is 0 Å². The summed E-state index contributed by atoms with van der Waals surface area (Å²) in [6.45, 7) is 0.772. The lowest BCUT2D eigenvalue weighted by molar-refractivity contribution is -0.388. The van der Waals surface area contributed by atoms with Gasteiger partial charge >= 0.3 is 12.5 Å². The summed E-state index contributed by atoms with van der Waals surface area (Å²) in [7, 11) is 0. The molecule has 1 aliphatic carbocycles. The average Bonchev–Trinajstić information content (AvgIpc) is 2.92. The highest BCUT2D eigenvalue weighted by Crippen LogP contribution is 2.38. The van der Waals surface area contributed by atoms with Gasteiger partial charge in [0.25, 0.3) is 5.69 Å². The van der Waals surface area contributed by atoms with Crippen LogP contribution in [0.15, 0.2) is 42.5 Å². The number of hydrogen-bond donors (Lipinski definition) is 1. The van der Waals surface area contributed by atoms with E-state index in [9.17, 15) is 41.3 Å². The predicted octanol–water partition coefficient (Wildman–Crippen LogP) is 6.32. The van der Waals surface area contributed by atoms with Crippen LogP contribution in [-0.2, 0) is 15.7 Å². The van der Waals surface area contributed by atoms with Crippen LogP contribution in [0, 0.1) is 10.1 Å². The van der Waals surface area contributed by atoms with Gasteiger partial charge in [-0.2, -0.15) is 13.2 Å². The number of ether oxygens (including phenoxy) is 3. The third-order valence-electron chi connectivity index (χ3n) is 7.14. The van der Waals surface area contributed by atoms with Gasteiger partial charge in [-0.1, -0.05) is 0 Å². The van der Waals surface area contributed by atoms with E-state index in [1.165, 1.54) is 30.3 Å². The molecular formula is C27H29F6N3O6. The second kappa shape index (κ2) is 13.0. The summed E-state index contributed by atoms with van der Waals surface area (Å²) in [5, 5.41) is 14.0. The maximum absolute atomic E-state index is 13.2. The molecule has 0 spiro atoms. The van der Waals surface area contributed by atoms with Crippen LogP contribution in [-0.4, -0.2) is 60.0 Å². The number of piperidine rings is 1. The zero-order chi connectivity index (χ0) is 30.5. The highest BCUT2D eigenvalue weighted by molar-refractivity contribution is 5.77. The molecule has 0 aromatic heterocycles. The first kappa shape index (κ1) is 31.2. The summed E-state index contributed by atoms with van der Waals surface area (Å²) in [4.78, 5) is 24.2. The maximum Gasteiger partial charge on any atom is 0.573 e. The van der Waals surface area contributed by atoms with Crippen LogP contribution in [0.4, 0.5) is 37.7 Å². The van der Waals surface area contributed by atoms with E-state index in [1.54, 1.807) is 4.90 Å². The van der Waals surface area contributed by atoms with E-state index in [0.29, 0.717) is 57.4 Å². The zero-order valence-corrected chi connectivity index (χ0v) is 22.2. The van der Waals surface area contributed by atoms with Gasteiger partial charge in [0.05, 0.1) is 11.0 Å². The van der Waals surface area contributed by atoms with Crippen LogP contribution in [0.1, 0.15) is 44.1 Å². The van der Waals surface area contributed by atoms with Crippen LogP contribution in [0.25, 0.3) is 0 Å². The number of halogens is 6. The predicted molar refractivity (Wildman–Crippen MR) is 137 cm³/mol. The lowest BCUT2D eigenvalue weighted by atomic mass is 9.92. The summed E-state index contributed by atoms with van der Waals surface area (Å²) in [5.74, 6) is -0.117. The first-order chi connectivity index (χ1) is 19.8. The molecule has 9 nitrogen and oxygen atoms in total. The van der Waals surface area contributed by atoms with Gasteiger partial charge < -0.3 is 24.4 Å². The molecule has 2 aliphatic rings. The number of nitro benzene ring substituents is 1. The van der Waals surface area contributed by atoms with E-state index in [0.717, 1.165) is 12.1 Å². The second-order valence-electron chi connectivity index (χ2n) is 10.1. The van der Waals surface area contributed by atoms with Gasteiger partial charge in [0.2, 0.25) is 5.91 Å². The molecule has 0 radical (unpaired) electrons. The molecule has 2 aromatic rings. The molecule has 1 saturated carbocycles. The molecule has 0 bridgehead atoms. The molecule has 1 N–H and O–H groups in total. The van der Waals surface area contributed by atoms with Crippen molar-refractivity contribution in [1.29, 1.82) is 0 Å². The van der Waals surface area contributed by atoms with E-state index >= 15 is 0 Å². The fraction of sp³-hybridized carbons (Fsp3) is 0.519. The summed E-state index contributed by atoms with van der Waals surface area (Å²) < 4.78 is 92.1.